The summed E-state index contributed by atoms with van der Waals surface area (Å²) >= 11 is 2.45. The van der Waals surface area contributed by atoms with Crippen molar-refractivity contribution >= 4 is 351 Å². The van der Waals surface area contributed by atoms with Gasteiger partial charge in [-0.15, -0.1) is 55.5 Å². The van der Waals surface area contributed by atoms with Crippen LogP contribution in [0.5, 0.6) is 0 Å². The third-order valence-corrected chi connectivity index (χ3v) is 15.9. The van der Waals surface area contributed by atoms with E-state index in [0.717, 1.165) is 0 Å². The number of rotatable bonds is 4. The number of fused-ring (bicyclic) bond motifs is 9. The third-order valence-electron chi connectivity index (χ3n) is 13.4. The SMILES string of the molecule is [B]c1cc([B])c(-c2c([B])c([B])c([B])c3c2sc2c([B])c([B])c([B])c([B])c23)c([B])c1-c1ccc2oc3c(-c4c([B])cc([B])c(-c5c([B])c([B])c([B])c6c5sc5c([B])c([B])c([B])c([B])c56)c4[B])ncnc3c2c1. The molecule has 25 heteroatoms. The van der Waals surface area contributed by atoms with Crippen molar-refractivity contribution in [2.75, 3.05) is 0 Å². The van der Waals surface area contributed by atoms with Gasteiger partial charge in [0.15, 0.2) is 5.58 Å². The highest BCUT2D eigenvalue weighted by atomic mass is 32.1. The standard InChI is InChI=1S/C46H6B20N2OS2/c47-9-4-10(48)15(18-26(53)32(59)28(55)20-22-30(57)34(61)36(63)38(65)45(22)70-43(18)20)24(51)14(9)7-1-2-13-8(3-7)40-42(69-13)41(68-6-67-40)17-12(50)5-11(49)16(25(17)52)19-27(54)33(60)29(56)21-23-31(58)35(62)37(64)39(66)46(23)71-44(19)21/h1-6H. The fraction of sp³-hybridized carbons (Fsp3) is 0. The molecule has 0 N–H and O–H groups in total. The normalized spacial score (nSPS) is 11.9. The van der Waals surface area contributed by atoms with Crippen molar-refractivity contribution in [2.45, 2.75) is 0 Å². The molecule has 7 aromatic carbocycles. The average molecular weight is 883 g/mol. The first-order chi connectivity index (χ1) is 33.6. The number of benzene rings is 7. The van der Waals surface area contributed by atoms with Crippen molar-refractivity contribution in [3.63, 3.8) is 0 Å². The van der Waals surface area contributed by atoms with Gasteiger partial charge in [0.05, 0.1) is 0 Å². The molecule has 11 rings (SSSR count). The molecular weight excluding hydrogens is 877 g/mol. The largest absolute Gasteiger partial charge is 0.452 e. The van der Waals surface area contributed by atoms with E-state index in [2.05, 4.69) is 9.97 Å². The number of hydrogen-bond acceptors (Lipinski definition) is 5. The lowest BCUT2D eigenvalue weighted by Gasteiger charge is -2.24. The molecule has 0 fully saturated rings. The van der Waals surface area contributed by atoms with Gasteiger partial charge in [0.2, 0.25) is 0 Å². The van der Waals surface area contributed by atoms with Gasteiger partial charge in [-0.2, -0.15) is 0 Å². The lowest BCUT2D eigenvalue weighted by molar-refractivity contribution is 0.667. The van der Waals surface area contributed by atoms with Crippen LogP contribution in [-0.4, -0.2) is 167 Å². The van der Waals surface area contributed by atoms with E-state index >= 15 is 0 Å². The highest BCUT2D eigenvalue weighted by Gasteiger charge is 2.27. The summed E-state index contributed by atoms with van der Waals surface area (Å²) in [5.74, 6) is 0. The summed E-state index contributed by atoms with van der Waals surface area (Å²) in [5, 5.41) is 2.35. The molecule has 0 saturated heterocycles. The number of furan rings is 1. The lowest BCUT2D eigenvalue weighted by Crippen LogP contribution is -2.47. The van der Waals surface area contributed by atoms with Gasteiger partial charge in [-0.3, -0.25) is 0 Å². The Kier molecular flexibility index (Phi) is 11.5. The second-order valence-corrected chi connectivity index (χ2v) is 19.3. The molecule has 0 saturated carbocycles. The Morgan fingerprint density at radius 2 is 0.732 bits per heavy atom. The Balaban J connectivity index is 1.11. The Morgan fingerprint density at radius 3 is 1.21 bits per heavy atom. The number of aromatic nitrogens is 2. The van der Waals surface area contributed by atoms with E-state index < -0.39 is 0 Å². The minimum absolute atomic E-state index is 0.0470. The second-order valence-electron chi connectivity index (χ2n) is 17.2. The lowest BCUT2D eigenvalue weighted by atomic mass is 9.62. The summed E-state index contributed by atoms with van der Waals surface area (Å²) in [7, 11) is 133. The van der Waals surface area contributed by atoms with Gasteiger partial charge in [0, 0.05) is 24.2 Å². The molecule has 4 heterocycles. The zero-order chi connectivity index (χ0) is 50.9. The highest BCUT2D eigenvalue weighted by molar-refractivity contribution is 7.29. The summed E-state index contributed by atoms with van der Waals surface area (Å²) in [6, 6.07) is 8.44. The van der Waals surface area contributed by atoms with Gasteiger partial charge < -0.3 is 4.42 Å². The number of nitrogens with zero attached hydrogens (tertiary/aromatic N) is 2. The maximum Gasteiger partial charge on any atom is 0.180 e. The second kappa shape index (κ2) is 16.9. The Hall–Kier alpha value is -4.84. The van der Waals surface area contributed by atoms with Crippen LogP contribution in [0.4, 0.5) is 0 Å². The number of hydrogen-bond donors (Lipinski definition) is 0. The van der Waals surface area contributed by atoms with Gasteiger partial charge in [-0.1, -0.05) is 94.7 Å². The van der Waals surface area contributed by atoms with Crippen molar-refractivity contribution < 1.29 is 4.42 Å². The molecule has 0 aliphatic heterocycles. The van der Waals surface area contributed by atoms with Gasteiger partial charge in [0.25, 0.3) is 0 Å². The Labute approximate surface area is 443 Å². The summed E-state index contributed by atoms with van der Waals surface area (Å²) in [6.07, 6.45) is 1.35. The summed E-state index contributed by atoms with van der Waals surface area (Å²) in [5.41, 5.74) is 6.65. The van der Waals surface area contributed by atoms with Crippen molar-refractivity contribution in [2.24, 2.45) is 0 Å². The Morgan fingerprint density at radius 1 is 0.338 bits per heavy atom. The summed E-state index contributed by atoms with van der Waals surface area (Å²) in [6.45, 7) is 0. The molecule has 3 nitrogen and oxygen atoms in total. The third kappa shape index (κ3) is 6.62. The molecule has 278 valence electrons. The van der Waals surface area contributed by atoms with Crippen LogP contribution in [0.15, 0.2) is 41.1 Å². The zero-order valence-electron chi connectivity index (χ0n) is 37.1. The molecule has 0 bridgehead atoms. The van der Waals surface area contributed by atoms with E-state index in [1.165, 1.54) is 35.1 Å². The van der Waals surface area contributed by atoms with Crippen molar-refractivity contribution in [1.29, 1.82) is 0 Å². The fourth-order valence-corrected chi connectivity index (χ4v) is 12.6. The topological polar surface area (TPSA) is 38.9 Å². The highest BCUT2D eigenvalue weighted by Crippen LogP contribution is 2.39. The van der Waals surface area contributed by atoms with Gasteiger partial charge >= 0.3 is 0 Å². The number of thiophene rings is 2. The van der Waals surface area contributed by atoms with Crippen LogP contribution in [-0.2, 0) is 0 Å². The maximum atomic E-state index is 7.15. The van der Waals surface area contributed by atoms with E-state index in [0.29, 0.717) is 84.6 Å². The fourth-order valence-electron chi connectivity index (χ4n) is 9.84. The predicted octanol–water partition coefficient (Wildman–Crippen LogP) is -10.3. The molecule has 0 aliphatic carbocycles. The first-order valence-corrected chi connectivity index (χ1v) is 22.7. The van der Waals surface area contributed by atoms with Crippen molar-refractivity contribution in [3.8, 4) is 44.6 Å². The van der Waals surface area contributed by atoms with Crippen LogP contribution < -0.4 is 109 Å². The molecule has 0 unspecified atom stereocenters. The summed E-state index contributed by atoms with van der Waals surface area (Å²) in [4.78, 5) is 9.29. The van der Waals surface area contributed by atoms with Crippen LogP contribution in [0.1, 0.15) is 0 Å². The first-order valence-electron chi connectivity index (χ1n) is 21.1. The van der Waals surface area contributed by atoms with E-state index in [1.54, 1.807) is 18.2 Å². The van der Waals surface area contributed by atoms with E-state index in [9.17, 15) is 0 Å². The zero-order valence-corrected chi connectivity index (χ0v) is 38.8. The molecule has 0 aliphatic rings. The van der Waals surface area contributed by atoms with Gasteiger partial charge in [0.1, 0.15) is 180 Å². The van der Waals surface area contributed by atoms with Crippen molar-refractivity contribution in [1.82, 2.24) is 9.97 Å². The molecule has 0 amide bonds. The molecule has 0 atom stereocenters. The minimum Gasteiger partial charge on any atom is -0.452 e. The van der Waals surface area contributed by atoms with Crippen LogP contribution in [0, 0.1) is 0 Å². The van der Waals surface area contributed by atoms with Crippen LogP contribution >= 0.6 is 22.7 Å². The van der Waals surface area contributed by atoms with Crippen LogP contribution in [0.2, 0.25) is 0 Å². The maximum absolute atomic E-state index is 7.15. The molecular formula is C46H6B20N2OS2. The van der Waals surface area contributed by atoms with E-state index in [-0.39, 0.29) is 132 Å². The van der Waals surface area contributed by atoms with Crippen LogP contribution in [0.25, 0.3) is 107 Å². The smallest absolute Gasteiger partial charge is 0.180 e. The van der Waals surface area contributed by atoms with Crippen LogP contribution in [0.3, 0.4) is 0 Å². The van der Waals surface area contributed by atoms with E-state index in [1.807, 2.05) is 6.07 Å². The predicted molar refractivity (Wildman–Crippen MR) is 325 cm³/mol. The monoisotopic (exact) mass is 886 g/mol. The molecule has 0 spiro atoms. The van der Waals surface area contributed by atoms with Gasteiger partial charge in [-0.25, -0.2) is 9.97 Å². The average Bonchev–Trinajstić information content (AvgIpc) is 4.05. The Bertz CT molecular complexity index is 4320. The molecule has 11 aromatic rings. The van der Waals surface area contributed by atoms with Gasteiger partial charge in [-0.05, 0) is 72.6 Å². The summed E-state index contributed by atoms with van der Waals surface area (Å²) < 4.78 is 8.59. The molecule has 71 heavy (non-hydrogen) atoms. The van der Waals surface area contributed by atoms with Crippen molar-refractivity contribution in [3.05, 3.63) is 36.7 Å². The molecule has 4 aromatic heterocycles. The van der Waals surface area contributed by atoms with E-state index in [4.69, 9.17) is 161 Å². The minimum atomic E-state index is 0.0470. The first kappa shape index (κ1) is 48.4. The molecule has 40 radical (unpaired) electrons. The quantitative estimate of drug-likeness (QED) is 0.165.